The standard InChI is InChI=1S/C19H23FN2O4/c20-15-7-2-1-6-14(15)16(19(25)26)21-17(23)12-8-10-22(11-9-12)18(24)13-4-3-5-13/h1-2,6-7,12-13,16H,3-5,8-11H2,(H,21,23)(H,25,26)/t16-/m1/s1. The van der Waals surface area contributed by atoms with Gasteiger partial charge in [0.25, 0.3) is 0 Å². The molecule has 0 radical (unpaired) electrons. The highest BCUT2D eigenvalue weighted by Gasteiger charge is 2.34. The number of aliphatic carboxylic acids is 1. The summed E-state index contributed by atoms with van der Waals surface area (Å²) in [4.78, 5) is 38.0. The Balaban J connectivity index is 1.58. The van der Waals surface area contributed by atoms with E-state index in [1.165, 1.54) is 24.3 Å². The number of hydrogen-bond donors (Lipinski definition) is 2. The van der Waals surface area contributed by atoms with Crippen LogP contribution >= 0.6 is 0 Å². The Morgan fingerprint density at radius 1 is 1.08 bits per heavy atom. The van der Waals surface area contributed by atoms with Gasteiger partial charge >= 0.3 is 5.97 Å². The molecule has 1 aromatic rings. The van der Waals surface area contributed by atoms with Gasteiger partial charge in [0, 0.05) is 30.5 Å². The molecular formula is C19H23FN2O4. The van der Waals surface area contributed by atoms with Crippen molar-refractivity contribution in [2.75, 3.05) is 13.1 Å². The van der Waals surface area contributed by atoms with Crippen LogP contribution in [-0.4, -0.2) is 40.9 Å². The number of carboxylic acids is 1. The molecule has 2 fully saturated rings. The number of carbonyl (C=O) groups is 3. The van der Waals surface area contributed by atoms with Gasteiger partial charge in [-0.3, -0.25) is 9.59 Å². The Morgan fingerprint density at radius 2 is 1.73 bits per heavy atom. The molecule has 140 valence electrons. The van der Waals surface area contributed by atoms with E-state index in [9.17, 15) is 23.9 Å². The fourth-order valence-corrected chi connectivity index (χ4v) is 3.52. The quantitative estimate of drug-likeness (QED) is 0.840. The van der Waals surface area contributed by atoms with Gasteiger partial charge in [0.15, 0.2) is 6.04 Å². The fraction of sp³-hybridized carbons (Fsp3) is 0.526. The second-order valence-corrected chi connectivity index (χ2v) is 7.03. The predicted octanol–water partition coefficient (Wildman–Crippen LogP) is 2.11. The van der Waals surface area contributed by atoms with Gasteiger partial charge < -0.3 is 15.3 Å². The highest BCUT2D eigenvalue weighted by Crippen LogP contribution is 2.30. The van der Waals surface area contributed by atoms with Gasteiger partial charge in [-0.15, -0.1) is 0 Å². The normalized spacial score (nSPS) is 19.5. The van der Waals surface area contributed by atoms with Gasteiger partial charge in [-0.05, 0) is 31.7 Å². The van der Waals surface area contributed by atoms with Gasteiger partial charge in [0.05, 0.1) is 0 Å². The zero-order valence-electron chi connectivity index (χ0n) is 14.5. The Bertz CT molecular complexity index is 697. The second-order valence-electron chi connectivity index (χ2n) is 7.03. The predicted molar refractivity (Wildman–Crippen MR) is 91.6 cm³/mol. The SMILES string of the molecule is O=C(N[C@@H](C(=O)O)c1ccccc1F)C1CCN(C(=O)C2CCC2)CC1. The van der Waals surface area contributed by atoms with Crippen LogP contribution < -0.4 is 5.32 Å². The molecule has 1 aliphatic heterocycles. The maximum atomic E-state index is 13.9. The highest BCUT2D eigenvalue weighted by molar-refractivity contribution is 5.86. The molecule has 0 bridgehead atoms. The first-order chi connectivity index (χ1) is 12.5. The van der Waals surface area contributed by atoms with E-state index in [4.69, 9.17) is 0 Å². The third kappa shape index (κ3) is 3.86. The van der Waals surface area contributed by atoms with E-state index >= 15 is 0 Å². The molecule has 0 spiro atoms. The van der Waals surface area contributed by atoms with Gasteiger partial charge in [-0.25, -0.2) is 9.18 Å². The van der Waals surface area contributed by atoms with Crippen molar-refractivity contribution < 1.29 is 23.9 Å². The average molecular weight is 362 g/mol. The van der Waals surface area contributed by atoms with Crippen molar-refractivity contribution in [2.45, 2.75) is 38.1 Å². The molecule has 1 aromatic carbocycles. The summed E-state index contributed by atoms with van der Waals surface area (Å²) in [7, 11) is 0. The minimum atomic E-state index is -1.42. The topological polar surface area (TPSA) is 86.7 Å². The molecule has 0 aromatic heterocycles. The van der Waals surface area contributed by atoms with Crippen molar-refractivity contribution in [3.63, 3.8) is 0 Å². The van der Waals surface area contributed by atoms with Crippen LogP contribution in [0.2, 0.25) is 0 Å². The third-order valence-corrected chi connectivity index (χ3v) is 5.38. The number of likely N-dealkylation sites (tertiary alicyclic amines) is 1. The summed E-state index contributed by atoms with van der Waals surface area (Å²) in [5, 5.41) is 11.8. The lowest BCUT2D eigenvalue weighted by Crippen LogP contribution is -2.47. The number of hydrogen-bond acceptors (Lipinski definition) is 3. The number of halogens is 1. The average Bonchev–Trinajstić information content (AvgIpc) is 2.58. The maximum Gasteiger partial charge on any atom is 0.331 e. The summed E-state index contributed by atoms with van der Waals surface area (Å²) in [6, 6.07) is 4.11. The first-order valence-corrected chi connectivity index (χ1v) is 9.03. The van der Waals surface area contributed by atoms with Crippen LogP contribution in [0, 0.1) is 17.7 Å². The number of nitrogens with one attached hydrogen (secondary N) is 1. The van der Waals surface area contributed by atoms with Crippen LogP contribution in [0.1, 0.15) is 43.7 Å². The summed E-state index contributed by atoms with van der Waals surface area (Å²) < 4.78 is 13.9. The molecule has 3 rings (SSSR count). The van der Waals surface area contributed by atoms with E-state index in [0.717, 1.165) is 19.3 Å². The number of rotatable bonds is 5. The van der Waals surface area contributed by atoms with Crippen molar-refractivity contribution in [2.24, 2.45) is 11.8 Å². The van der Waals surface area contributed by atoms with E-state index in [1.54, 1.807) is 4.90 Å². The van der Waals surface area contributed by atoms with Gasteiger partial charge in [0.1, 0.15) is 5.82 Å². The number of piperidine rings is 1. The summed E-state index contributed by atoms with van der Waals surface area (Å²) in [6.07, 6.45) is 3.98. The monoisotopic (exact) mass is 362 g/mol. The van der Waals surface area contributed by atoms with Crippen molar-refractivity contribution in [1.29, 1.82) is 0 Å². The molecule has 1 heterocycles. The molecule has 1 saturated carbocycles. The van der Waals surface area contributed by atoms with Crippen molar-refractivity contribution >= 4 is 17.8 Å². The summed E-state index contributed by atoms with van der Waals surface area (Å²) in [6.45, 7) is 1.01. The molecule has 7 heteroatoms. The Kier molecular flexibility index (Phi) is 5.54. The summed E-state index contributed by atoms with van der Waals surface area (Å²) >= 11 is 0. The van der Waals surface area contributed by atoms with Gasteiger partial charge in [-0.1, -0.05) is 24.6 Å². The zero-order valence-corrected chi connectivity index (χ0v) is 14.5. The molecule has 26 heavy (non-hydrogen) atoms. The molecule has 2 aliphatic rings. The maximum absolute atomic E-state index is 13.9. The molecule has 0 unspecified atom stereocenters. The molecule has 1 aliphatic carbocycles. The second kappa shape index (κ2) is 7.85. The van der Waals surface area contributed by atoms with E-state index in [-0.39, 0.29) is 23.3 Å². The van der Waals surface area contributed by atoms with E-state index in [0.29, 0.717) is 25.9 Å². The number of benzene rings is 1. The Labute approximate surface area is 151 Å². The Hall–Kier alpha value is -2.44. The van der Waals surface area contributed by atoms with Crippen molar-refractivity contribution in [3.05, 3.63) is 35.6 Å². The number of carboxylic acid groups (broad SMARTS) is 1. The number of nitrogens with zero attached hydrogens (tertiary/aromatic N) is 1. The summed E-state index contributed by atoms with van der Waals surface area (Å²) in [5.41, 5.74) is -0.0639. The van der Waals surface area contributed by atoms with E-state index < -0.39 is 23.7 Å². The van der Waals surface area contributed by atoms with Crippen LogP contribution in [0.3, 0.4) is 0 Å². The summed E-state index contributed by atoms with van der Waals surface area (Å²) in [5.74, 6) is -2.43. The molecule has 1 atom stereocenters. The first-order valence-electron chi connectivity index (χ1n) is 9.03. The highest BCUT2D eigenvalue weighted by atomic mass is 19.1. The number of amides is 2. The molecular weight excluding hydrogens is 339 g/mol. The van der Waals surface area contributed by atoms with Crippen molar-refractivity contribution in [1.82, 2.24) is 10.2 Å². The lowest BCUT2D eigenvalue weighted by atomic mass is 9.83. The number of carbonyl (C=O) groups excluding carboxylic acids is 2. The zero-order chi connectivity index (χ0) is 18.7. The lowest BCUT2D eigenvalue weighted by molar-refractivity contribution is -0.144. The lowest BCUT2D eigenvalue weighted by Gasteiger charge is -2.36. The van der Waals surface area contributed by atoms with Crippen LogP contribution in [0.15, 0.2) is 24.3 Å². The molecule has 2 amide bonds. The fourth-order valence-electron chi connectivity index (χ4n) is 3.52. The van der Waals surface area contributed by atoms with Crippen LogP contribution in [-0.2, 0) is 14.4 Å². The minimum Gasteiger partial charge on any atom is -0.479 e. The van der Waals surface area contributed by atoms with Gasteiger partial charge in [0.2, 0.25) is 11.8 Å². The van der Waals surface area contributed by atoms with E-state index in [2.05, 4.69) is 5.32 Å². The van der Waals surface area contributed by atoms with Crippen LogP contribution in [0.4, 0.5) is 4.39 Å². The van der Waals surface area contributed by atoms with Gasteiger partial charge in [-0.2, -0.15) is 0 Å². The minimum absolute atomic E-state index is 0.0639. The first kappa shape index (κ1) is 18.4. The van der Waals surface area contributed by atoms with Crippen LogP contribution in [0.5, 0.6) is 0 Å². The Morgan fingerprint density at radius 3 is 2.27 bits per heavy atom. The molecule has 1 saturated heterocycles. The molecule has 6 nitrogen and oxygen atoms in total. The molecule has 2 N–H and O–H groups in total. The third-order valence-electron chi connectivity index (χ3n) is 5.38. The largest absolute Gasteiger partial charge is 0.479 e. The van der Waals surface area contributed by atoms with Crippen molar-refractivity contribution in [3.8, 4) is 0 Å². The smallest absolute Gasteiger partial charge is 0.331 e. The van der Waals surface area contributed by atoms with E-state index in [1.807, 2.05) is 0 Å². The van der Waals surface area contributed by atoms with Crippen LogP contribution in [0.25, 0.3) is 0 Å².